The Morgan fingerprint density at radius 1 is 1.33 bits per heavy atom. The zero-order valence-corrected chi connectivity index (χ0v) is 11.5. The summed E-state index contributed by atoms with van der Waals surface area (Å²) in [6, 6.07) is 5.09. The molecule has 1 aromatic carbocycles. The third-order valence-corrected chi connectivity index (χ3v) is 3.75. The van der Waals surface area contributed by atoms with E-state index in [4.69, 9.17) is 18.0 Å². The fourth-order valence-corrected chi connectivity index (χ4v) is 2.85. The number of benzene rings is 1. The van der Waals surface area contributed by atoms with E-state index in [9.17, 15) is 4.39 Å². The smallest absolute Gasteiger partial charge is 0.126 e. The van der Waals surface area contributed by atoms with Crippen molar-refractivity contribution in [3.8, 4) is 0 Å². The van der Waals surface area contributed by atoms with E-state index in [0.717, 1.165) is 18.7 Å². The largest absolute Gasteiger partial charge is 0.392 e. The van der Waals surface area contributed by atoms with Crippen molar-refractivity contribution in [3.05, 3.63) is 35.1 Å². The molecule has 2 N–H and O–H groups in total. The number of rotatable bonds is 3. The number of hydrogen-bond acceptors (Lipinski definition) is 2. The maximum atomic E-state index is 13.3. The van der Waals surface area contributed by atoms with Crippen molar-refractivity contribution in [2.24, 2.45) is 5.73 Å². The van der Waals surface area contributed by atoms with E-state index in [-0.39, 0.29) is 11.9 Å². The van der Waals surface area contributed by atoms with Gasteiger partial charge < -0.3 is 5.73 Å². The third kappa shape index (κ3) is 2.87. The lowest BCUT2D eigenvalue weighted by Crippen LogP contribution is -2.40. The Morgan fingerprint density at radius 3 is 2.56 bits per heavy atom. The molecule has 1 unspecified atom stereocenters. The molecule has 0 saturated carbocycles. The quantitative estimate of drug-likeness (QED) is 0.853. The van der Waals surface area contributed by atoms with Crippen molar-refractivity contribution in [2.45, 2.75) is 32.2 Å². The van der Waals surface area contributed by atoms with Crippen LogP contribution in [-0.4, -0.2) is 23.0 Å². The second-order valence-corrected chi connectivity index (χ2v) is 5.38. The number of nitrogens with zero attached hydrogens (tertiary/aromatic N) is 1. The summed E-state index contributed by atoms with van der Waals surface area (Å²) in [4.78, 5) is 2.78. The molecule has 2 nitrogen and oxygen atoms in total. The number of nitrogens with two attached hydrogens (primary N) is 1. The second kappa shape index (κ2) is 5.76. The highest BCUT2D eigenvalue weighted by Gasteiger charge is 2.24. The standard InChI is InChI=1S/C14H19FN2S/c1-10-9-11(5-6-12(10)15)13(14(16)18)17-7-3-2-4-8-17/h5-6,9,13H,2-4,7-8H2,1H3,(H2,16,18). The molecule has 0 radical (unpaired) electrons. The van der Waals surface area contributed by atoms with Gasteiger partial charge in [-0.05, 0) is 50.0 Å². The fraction of sp³-hybridized carbons (Fsp3) is 0.500. The van der Waals surface area contributed by atoms with Crippen LogP contribution in [0, 0.1) is 12.7 Å². The number of halogens is 1. The van der Waals surface area contributed by atoms with E-state index in [2.05, 4.69) is 4.90 Å². The predicted molar refractivity (Wildman–Crippen MR) is 76.1 cm³/mol. The molecule has 1 heterocycles. The lowest BCUT2D eigenvalue weighted by atomic mass is 10.00. The van der Waals surface area contributed by atoms with Gasteiger partial charge in [0, 0.05) is 0 Å². The first-order chi connectivity index (χ1) is 8.59. The monoisotopic (exact) mass is 266 g/mol. The van der Waals surface area contributed by atoms with Crippen molar-refractivity contribution >= 4 is 17.2 Å². The molecule has 0 spiro atoms. The van der Waals surface area contributed by atoms with Crippen LogP contribution in [-0.2, 0) is 0 Å². The maximum absolute atomic E-state index is 13.3. The topological polar surface area (TPSA) is 29.3 Å². The first-order valence-electron chi connectivity index (χ1n) is 6.39. The number of piperidine rings is 1. The number of hydrogen-bond donors (Lipinski definition) is 1. The van der Waals surface area contributed by atoms with Gasteiger partial charge in [0.1, 0.15) is 5.82 Å². The molecule has 0 aliphatic carbocycles. The van der Waals surface area contributed by atoms with E-state index in [1.54, 1.807) is 13.0 Å². The lowest BCUT2D eigenvalue weighted by molar-refractivity contribution is 0.203. The van der Waals surface area contributed by atoms with Gasteiger partial charge in [-0.25, -0.2) is 4.39 Å². The van der Waals surface area contributed by atoms with Crippen molar-refractivity contribution in [1.29, 1.82) is 0 Å². The van der Waals surface area contributed by atoms with E-state index >= 15 is 0 Å². The van der Waals surface area contributed by atoms with Crippen molar-refractivity contribution in [2.75, 3.05) is 13.1 Å². The van der Waals surface area contributed by atoms with Crippen LogP contribution in [0.4, 0.5) is 4.39 Å². The molecule has 1 aliphatic heterocycles. The molecule has 0 aromatic heterocycles. The summed E-state index contributed by atoms with van der Waals surface area (Å²) in [6.07, 6.45) is 3.63. The summed E-state index contributed by atoms with van der Waals surface area (Å²) >= 11 is 5.20. The van der Waals surface area contributed by atoms with Crippen molar-refractivity contribution in [1.82, 2.24) is 4.90 Å². The molecule has 1 atom stereocenters. The Kier molecular flexibility index (Phi) is 4.30. The van der Waals surface area contributed by atoms with Crippen LogP contribution in [0.15, 0.2) is 18.2 Å². The van der Waals surface area contributed by atoms with Gasteiger partial charge in [-0.3, -0.25) is 4.90 Å². The first-order valence-corrected chi connectivity index (χ1v) is 6.80. The molecular weight excluding hydrogens is 247 g/mol. The molecule has 1 aliphatic rings. The Labute approximate surface area is 113 Å². The van der Waals surface area contributed by atoms with E-state index < -0.39 is 0 Å². The third-order valence-electron chi connectivity index (χ3n) is 3.52. The Bertz CT molecular complexity index is 441. The van der Waals surface area contributed by atoms with Gasteiger partial charge in [-0.1, -0.05) is 30.8 Å². The van der Waals surface area contributed by atoms with E-state index in [1.165, 1.54) is 25.3 Å². The lowest BCUT2D eigenvalue weighted by Gasteiger charge is -2.34. The summed E-state index contributed by atoms with van der Waals surface area (Å²) < 4.78 is 13.3. The van der Waals surface area contributed by atoms with Gasteiger partial charge in [0.2, 0.25) is 0 Å². The SMILES string of the molecule is Cc1cc(C(C(N)=S)N2CCCCC2)ccc1F. The summed E-state index contributed by atoms with van der Waals surface area (Å²) in [5, 5.41) is 0. The normalized spacial score (nSPS) is 18.6. The Balaban J connectivity index is 2.28. The number of likely N-dealkylation sites (tertiary alicyclic amines) is 1. The summed E-state index contributed by atoms with van der Waals surface area (Å²) in [6.45, 7) is 3.79. The van der Waals surface area contributed by atoms with Crippen LogP contribution in [0.2, 0.25) is 0 Å². The highest BCUT2D eigenvalue weighted by atomic mass is 32.1. The maximum Gasteiger partial charge on any atom is 0.126 e. The number of aryl methyl sites for hydroxylation is 1. The van der Waals surface area contributed by atoms with Gasteiger partial charge >= 0.3 is 0 Å². The zero-order valence-electron chi connectivity index (χ0n) is 10.7. The zero-order chi connectivity index (χ0) is 13.1. The first kappa shape index (κ1) is 13.4. The summed E-state index contributed by atoms with van der Waals surface area (Å²) in [7, 11) is 0. The van der Waals surface area contributed by atoms with Gasteiger partial charge in [0.25, 0.3) is 0 Å². The van der Waals surface area contributed by atoms with Crippen LogP contribution >= 0.6 is 12.2 Å². The fourth-order valence-electron chi connectivity index (χ4n) is 2.57. The van der Waals surface area contributed by atoms with E-state index in [1.807, 2.05) is 6.07 Å². The van der Waals surface area contributed by atoms with Gasteiger partial charge in [0.15, 0.2) is 0 Å². The minimum Gasteiger partial charge on any atom is -0.392 e. The molecule has 1 aromatic rings. The van der Waals surface area contributed by atoms with Crippen LogP contribution in [0.1, 0.15) is 36.4 Å². The highest BCUT2D eigenvalue weighted by molar-refractivity contribution is 7.80. The van der Waals surface area contributed by atoms with Crippen molar-refractivity contribution in [3.63, 3.8) is 0 Å². The average Bonchev–Trinajstić information content (AvgIpc) is 2.35. The minimum atomic E-state index is -0.181. The van der Waals surface area contributed by atoms with Gasteiger partial charge in [0.05, 0.1) is 11.0 Å². The highest BCUT2D eigenvalue weighted by Crippen LogP contribution is 2.26. The molecule has 2 rings (SSSR count). The Hall–Kier alpha value is -1.00. The van der Waals surface area contributed by atoms with Gasteiger partial charge in [-0.15, -0.1) is 0 Å². The molecule has 18 heavy (non-hydrogen) atoms. The molecule has 98 valence electrons. The predicted octanol–water partition coefficient (Wildman–Crippen LogP) is 2.95. The van der Waals surface area contributed by atoms with Crippen molar-refractivity contribution < 1.29 is 4.39 Å². The summed E-state index contributed by atoms with van der Waals surface area (Å²) in [5.41, 5.74) is 7.53. The molecule has 1 fully saturated rings. The van der Waals surface area contributed by atoms with Crippen LogP contribution in [0.25, 0.3) is 0 Å². The Morgan fingerprint density at radius 2 is 2.00 bits per heavy atom. The average molecular weight is 266 g/mol. The minimum absolute atomic E-state index is 0.0559. The van der Waals surface area contributed by atoms with Crippen LogP contribution in [0.3, 0.4) is 0 Å². The molecule has 0 amide bonds. The van der Waals surface area contributed by atoms with E-state index in [0.29, 0.717) is 10.6 Å². The molecular formula is C14H19FN2S. The van der Waals surface area contributed by atoms with Crippen LogP contribution in [0.5, 0.6) is 0 Å². The molecule has 4 heteroatoms. The van der Waals surface area contributed by atoms with Crippen LogP contribution < -0.4 is 5.73 Å². The second-order valence-electron chi connectivity index (χ2n) is 4.91. The van der Waals surface area contributed by atoms with Gasteiger partial charge in [-0.2, -0.15) is 0 Å². The molecule has 1 saturated heterocycles. The molecule has 0 bridgehead atoms. The number of thiocarbonyl (C=S) groups is 1. The summed E-state index contributed by atoms with van der Waals surface area (Å²) in [5.74, 6) is -0.181.